The first-order chi connectivity index (χ1) is 11.2. The second-order valence-electron chi connectivity index (χ2n) is 5.29. The lowest BCUT2D eigenvalue weighted by atomic mass is 10.1. The summed E-state index contributed by atoms with van der Waals surface area (Å²) in [6.07, 6.45) is 4.94. The largest absolute Gasteiger partial charge is 0.444 e. The van der Waals surface area contributed by atoms with E-state index in [0.717, 1.165) is 11.4 Å². The average molecular weight is 313 g/mol. The third-order valence-corrected chi connectivity index (χ3v) is 3.59. The van der Waals surface area contributed by atoms with E-state index in [1.54, 1.807) is 13.3 Å². The van der Waals surface area contributed by atoms with Gasteiger partial charge in [0.2, 0.25) is 5.89 Å². The topological polar surface area (TPSA) is 89.8 Å². The second-order valence-corrected chi connectivity index (χ2v) is 5.29. The molecule has 3 rings (SSSR count). The normalized spacial score (nSPS) is 17.8. The summed E-state index contributed by atoms with van der Waals surface area (Å²) in [7, 11) is 1.66. The molecule has 2 N–H and O–H groups in total. The molecule has 120 valence electrons. The Morgan fingerprint density at radius 1 is 1.35 bits per heavy atom. The van der Waals surface area contributed by atoms with Gasteiger partial charge in [0, 0.05) is 13.3 Å². The summed E-state index contributed by atoms with van der Waals surface area (Å²) in [6.45, 7) is 3.13. The molecule has 0 aromatic carbocycles. The van der Waals surface area contributed by atoms with Crippen molar-refractivity contribution in [3.63, 3.8) is 0 Å². The Balaban J connectivity index is 1.81. The Bertz CT molecular complexity index is 724. The van der Waals surface area contributed by atoms with Crippen molar-refractivity contribution < 1.29 is 9.15 Å². The summed E-state index contributed by atoms with van der Waals surface area (Å²) in [5, 5.41) is 0. The Labute approximate surface area is 134 Å². The molecule has 0 bridgehead atoms. The zero-order valence-corrected chi connectivity index (χ0v) is 13.1. The Morgan fingerprint density at radius 2 is 2.17 bits per heavy atom. The zero-order valence-electron chi connectivity index (χ0n) is 13.1. The van der Waals surface area contributed by atoms with E-state index in [4.69, 9.17) is 14.9 Å². The maximum absolute atomic E-state index is 5.94. The number of aliphatic imine (C=N–C) groups is 1. The summed E-state index contributed by atoms with van der Waals surface area (Å²) in [4.78, 5) is 15.2. The van der Waals surface area contributed by atoms with Crippen molar-refractivity contribution in [2.24, 2.45) is 10.7 Å². The molecule has 23 heavy (non-hydrogen) atoms. The van der Waals surface area contributed by atoms with Gasteiger partial charge in [0.15, 0.2) is 0 Å². The van der Waals surface area contributed by atoms with Gasteiger partial charge in [-0.2, -0.15) is 0 Å². The van der Waals surface area contributed by atoms with E-state index in [0.29, 0.717) is 30.6 Å². The minimum atomic E-state index is -0.0196. The molecule has 0 radical (unpaired) electrons. The molecular formula is C16H19N5O2. The number of ether oxygens (including phenoxy) is 1. The first-order valence-corrected chi connectivity index (χ1v) is 7.32. The molecule has 7 nitrogen and oxygen atoms in total. The second kappa shape index (κ2) is 6.62. The number of pyridine rings is 1. The predicted octanol–water partition coefficient (Wildman–Crippen LogP) is 1.67. The first-order valence-electron chi connectivity index (χ1n) is 7.32. The molecule has 0 saturated carbocycles. The highest BCUT2D eigenvalue weighted by atomic mass is 16.5. The van der Waals surface area contributed by atoms with E-state index < -0.39 is 0 Å². The van der Waals surface area contributed by atoms with E-state index in [2.05, 4.69) is 19.9 Å². The third-order valence-electron chi connectivity index (χ3n) is 3.59. The number of nitrogens with two attached hydrogens (primary N) is 1. The highest BCUT2D eigenvalue weighted by Crippen LogP contribution is 2.18. The lowest BCUT2D eigenvalue weighted by molar-refractivity contribution is 0.181. The van der Waals surface area contributed by atoms with Gasteiger partial charge in [-0.1, -0.05) is 6.07 Å². The van der Waals surface area contributed by atoms with Crippen LogP contribution in [-0.2, 0) is 17.9 Å². The number of methoxy groups -OCH3 is 1. The summed E-state index contributed by atoms with van der Waals surface area (Å²) in [5.74, 6) is 0.906. The van der Waals surface area contributed by atoms with Gasteiger partial charge in [-0.3, -0.25) is 4.98 Å². The van der Waals surface area contributed by atoms with Crippen LogP contribution in [0.2, 0.25) is 0 Å². The Hall–Kier alpha value is -2.67. The fourth-order valence-electron chi connectivity index (χ4n) is 2.49. The van der Waals surface area contributed by atoms with Gasteiger partial charge in [0.05, 0.1) is 36.8 Å². The van der Waals surface area contributed by atoms with Gasteiger partial charge < -0.3 is 19.8 Å². The molecule has 2 aromatic heterocycles. The van der Waals surface area contributed by atoms with Crippen molar-refractivity contribution in [2.75, 3.05) is 7.11 Å². The van der Waals surface area contributed by atoms with Crippen molar-refractivity contribution in [1.29, 1.82) is 0 Å². The Morgan fingerprint density at radius 3 is 2.91 bits per heavy atom. The third kappa shape index (κ3) is 3.40. The maximum Gasteiger partial charge on any atom is 0.242 e. The average Bonchev–Trinajstić information content (AvgIpc) is 3.05. The van der Waals surface area contributed by atoms with Crippen LogP contribution in [0.5, 0.6) is 0 Å². The Kier molecular flexibility index (Phi) is 4.38. The van der Waals surface area contributed by atoms with Crippen LogP contribution < -0.4 is 5.73 Å². The van der Waals surface area contributed by atoms with E-state index in [-0.39, 0.29) is 6.04 Å². The monoisotopic (exact) mass is 313 g/mol. The molecule has 0 amide bonds. The zero-order chi connectivity index (χ0) is 16.2. The highest BCUT2D eigenvalue weighted by Gasteiger charge is 2.26. The van der Waals surface area contributed by atoms with Crippen molar-refractivity contribution in [2.45, 2.75) is 26.1 Å². The minimum absolute atomic E-state index is 0.0196. The number of rotatable bonds is 5. The first kappa shape index (κ1) is 15.2. The molecule has 1 unspecified atom stereocenters. The van der Waals surface area contributed by atoms with E-state index in [9.17, 15) is 0 Å². The highest BCUT2D eigenvalue weighted by molar-refractivity contribution is 6.01. The number of nitrogens with zero attached hydrogens (tertiary/aromatic N) is 4. The van der Waals surface area contributed by atoms with E-state index >= 15 is 0 Å². The quantitative estimate of drug-likeness (QED) is 0.903. The van der Waals surface area contributed by atoms with Gasteiger partial charge in [-0.25, -0.2) is 9.98 Å². The fourth-order valence-corrected chi connectivity index (χ4v) is 2.49. The van der Waals surface area contributed by atoms with Gasteiger partial charge >= 0.3 is 0 Å². The molecule has 0 fully saturated rings. The van der Waals surface area contributed by atoms with Gasteiger partial charge in [-0.15, -0.1) is 0 Å². The number of oxazole rings is 1. The molecule has 2 aromatic rings. The molecule has 1 aliphatic heterocycles. The summed E-state index contributed by atoms with van der Waals surface area (Å²) >= 11 is 0. The van der Waals surface area contributed by atoms with Crippen LogP contribution >= 0.6 is 0 Å². The van der Waals surface area contributed by atoms with Crippen molar-refractivity contribution >= 4 is 5.71 Å². The maximum atomic E-state index is 5.94. The standard InChI is InChI=1S/C16H19N5O2/c1-11-15(16-18-6-7-23-16)20-14(17)9-21(11)8-12-4-3-5-13(19-12)10-22-2/h3-7,9,11H,8,10,17H2,1-2H3. The molecular weight excluding hydrogens is 294 g/mol. The van der Waals surface area contributed by atoms with Crippen molar-refractivity contribution in [1.82, 2.24) is 14.9 Å². The fraction of sp³-hybridized carbons (Fsp3) is 0.312. The molecule has 0 saturated heterocycles. The van der Waals surface area contributed by atoms with Crippen LogP contribution in [-0.4, -0.2) is 33.7 Å². The molecule has 1 aliphatic rings. The lowest BCUT2D eigenvalue weighted by Gasteiger charge is -2.30. The number of hydrogen-bond acceptors (Lipinski definition) is 7. The predicted molar refractivity (Wildman–Crippen MR) is 85.3 cm³/mol. The number of hydrogen-bond donors (Lipinski definition) is 1. The van der Waals surface area contributed by atoms with Crippen LogP contribution in [0.25, 0.3) is 0 Å². The molecule has 3 heterocycles. The van der Waals surface area contributed by atoms with Crippen molar-refractivity contribution in [3.8, 4) is 0 Å². The molecule has 0 spiro atoms. The summed E-state index contributed by atoms with van der Waals surface area (Å²) in [6, 6.07) is 5.87. The molecule has 1 atom stereocenters. The number of aromatic nitrogens is 2. The molecule has 0 aliphatic carbocycles. The SMILES string of the molecule is COCc1cccc(CN2C=C(N)N=C(c3ncco3)C2C)n1. The molecule has 7 heteroatoms. The lowest BCUT2D eigenvalue weighted by Crippen LogP contribution is -2.39. The van der Waals surface area contributed by atoms with Gasteiger partial charge in [-0.05, 0) is 19.1 Å². The smallest absolute Gasteiger partial charge is 0.242 e. The van der Waals surface area contributed by atoms with Crippen LogP contribution in [0, 0.1) is 0 Å². The van der Waals surface area contributed by atoms with Gasteiger partial charge in [0.25, 0.3) is 0 Å². The summed E-state index contributed by atoms with van der Waals surface area (Å²) < 4.78 is 10.5. The van der Waals surface area contributed by atoms with Crippen LogP contribution in [0.3, 0.4) is 0 Å². The minimum Gasteiger partial charge on any atom is -0.444 e. The summed E-state index contributed by atoms with van der Waals surface area (Å²) in [5.41, 5.74) is 8.48. The van der Waals surface area contributed by atoms with E-state index in [1.165, 1.54) is 6.26 Å². The van der Waals surface area contributed by atoms with E-state index in [1.807, 2.05) is 31.3 Å². The van der Waals surface area contributed by atoms with Gasteiger partial charge in [0.1, 0.15) is 17.8 Å². The van der Waals surface area contributed by atoms with Crippen LogP contribution in [0.1, 0.15) is 24.2 Å². The van der Waals surface area contributed by atoms with Crippen molar-refractivity contribution in [3.05, 3.63) is 60.0 Å². The van der Waals surface area contributed by atoms with Crippen LogP contribution in [0.4, 0.5) is 0 Å². The van der Waals surface area contributed by atoms with Crippen LogP contribution in [0.15, 0.2) is 52.1 Å².